The third-order valence-corrected chi connectivity index (χ3v) is 4.23. The highest BCUT2D eigenvalue weighted by Gasteiger charge is 2.40. The van der Waals surface area contributed by atoms with Gasteiger partial charge in [0.2, 0.25) is 5.91 Å². The van der Waals surface area contributed by atoms with Crippen LogP contribution in [0.5, 0.6) is 0 Å². The minimum absolute atomic E-state index is 0.0260. The number of nitrogens with one attached hydrogen (secondary N) is 1. The molecule has 4 heteroatoms. The molecule has 4 nitrogen and oxygen atoms in total. The Hall–Kier alpha value is -0.610. The van der Waals surface area contributed by atoms with Gasteiger partial charge in [-0.1, -0.05) is 26.2 Å². The number of aliphatic hydroxyl groups excluding tert-OH is 1. The molecule has 1 atom stereocenters. The van der Waals surface area contributed by atoms with Crippen molar-refractivity contribution in [2.75, 3.05) is 13.2 Å². The minimum Gasteiger partial charge on any atom is -0.394 e. The molecule has 0 heterocycles. The molecule has 0 aliphatic heterocycles. The first-order chi connectivity index (χ1) is 8.02. The molecule has 4 N–H and O–H groups in total. The van der Waals surface area contributed by atoms with E-state index in [4.69, 9.17) is 5.73 Å². The Kier molecular flexibility index (Phi) is 4.95. The zero-order valence-corrected chi connectivity index (χ0v) is 11.1. The Balaban J connectivity index is 2.72. The number of carbonyl (C=O) groups is 1. The standard InChI is InChI=1S/C13H26N2O2/c1-3-12(2,10-16)15-11(17)13(9-14)7-5-4-6-8-13/h16H,3-10,14H2,1-2H3,(H,15,17). The van der Waals surface area contributed by atoms with Crippen LogP contribution in [0.2, 0.25) is 0 Å². The van der Waals surface area contributed by atoms with E-state index in [1.165, 1.54) is 6.42 Å². The van der Waals surface area contributed by atoms with Gasteiger partial charge < -0.3 is 16.2 Å². The molecule has 0 saturated heterocycles. The predicted molar refractivity (Wildman–Crippen MR) is 68.5 cm³/mol. The van der Waals surface area contributed by atoms with Crippen LogP contribution < -0.4 is 11.1 Å². The van der Waals surface area contributed by atoms with Gasteiger partial charge in [-0.2, -0.15) is 0 Å². The lowest BCUT2D eigenvalue weighted by molar-refractivity contribution is -0.135. The van der Waals surface area contributed by atoms with Crippen LogP contribution >= 0.6 is 0 Å². The van der Waals surface area contributed by atoms with Crippen molar-refractivity contribution in [3.8, 4) is 0 Å². The van der Waals surface area contributed by atoms with Crippen molar-refractivity contribution < 1.29 is 9.90 Å². The van der Waals surface area contributed by atoms with Gasteiger partial charge in [-0.15, -0.1) is 0 Å². The summed E-state index contributed by atoms with van der Waals surface area (Å²) in [6, 6.07) is 0. The van der Waals surface area contributed by atoms with Crippen LogP contribution in [0, 0.1) is 5.41 Å². The molecular weight excluding hydrogens is 216 g/mol. The maximum atomic E-state index is 12.4. The molecule has 0 aromatic heterocycles. The first-order valence-electron chi connectivity index (χ1n) is 6.65. The quantitative estimate of drug-likeness (QED) is 0.677. The van der Waals surface area contributed by atoms with E-state index >= 15 is 0 Å². The molecule has 1 saturated carbocycles. The van der Waals surface area contributed by atoms with Crippen molar-refractivity contribution >= 4 is 5.91 Å². The number of aliphatic hydroxyl groups is 1. The largest absolute Gasteiger partial charge is 0.394 e. The molecule has 1 amide bonds. The second kappa shape index (κ2) is 5.83. The molecular formula is C13H26N2O2. The van der Waals surface area contributed by atoms with E-state index in [1.54, 1.807) is 0 Å². The molecule has 0 aromatic rings. The highest BCUT2D eigenvalue weighted by molar-refractivity contribution is 5.83. The van der Waals surface area contributed by atoms with Gasteiger partial charge in [0.05, 0.1) is 17.6 Å². The van der Waals surface area contributed by atoms with E-state index in [9.17, 15) is 9.90 Å². The summed E-state index contributed by atoms with van der Waals surface area (Å²) in [6.45, 7) is 4.21. The van der Waals surface area contributed by atoms with E-state index < -0.39 is 11.0 Å². The van der Waals surface area contributed by atoms with Crippen LogP contribution in [0.4, 0.5) is 0 Å². The Labute approximate surface area is 104 Å². The smallest absolute Gasteiger partial charge is 0.227 e. The highest BCUT2D eigenvalue weighted by Crippen LogP contribution is 2.36. The Morgan fingerprint density at radius 2 is 2.00 bits per heavy atom. The monoisotopic (exact) mass is 242 g/mol. The van der Waals surface area contributed by atoms with Crippen molar-refractivity contribution in [3.05, 3.63) is 0 Å². The lowest BCUT2D eigenvalue weighted by Gasteiger charge is -2.38. The molecule has 1 rings (SSSR count). The molecule has 0 aromatic carbocycles. The summed E-state index contributed by atoms with van der Waals surface area (Å²) in [4.78, 5) is 12.4. The van der Waals surface area contributed by atoms with Gasteiger partial charge in [-0.25, -0.2) is 0 Å². The van der Waals surface area contributed by atoms with Gasteiger partial charge in [0.25, 0.3) is 0 Å². The van der Waals surface area contributed by atoms with Gasteiger partial charge in [0, 0.05) is 6.54 Å². The number of hydrogen-bond acceptors (Lipinski definition) is 3. The van der Waals surface area contributed by atoms with Crippen LogP contribution in [0.3, 0.4) is 0 Å². The highest BCUT2D eigenvalue weighted by atomic mass is 16.3. The molecule has 1 unspecified atom stereocenters. The molecule has 1 aliphatic rings. The van der Waals surface area contributed by atoms with E-state index in [-0.39, 0.29) is 12.5 Å². The summed E-state index contributed by atoms with van der Waals surface area (Å²) < 4.78 is 0. The van der Waals surface area contributed by atoms with Gasteiger partial charge in [-0.3, -0.25) is 4.79 Å². The Bertz CT molecular complexity index is 256. The van der Waals surface area contributed by atoms with E-state index in [0.717, 1.165) is 32.1 Å². The molecule has 1 fully saturated rings. The van der Waals surface area contributed by atoms with Gasteiger partial charge in [0.1, 0.15) is 0 Å². The SMILES string of the molecule is CCC(C)(CO)NC(=O)C1(CN)CCCCC1. The number of rotatable bonds is 5. The van der Waals surface area contributed by atoms with Gasteiger partial charge in [0.15, 0.2) is 0 Å². The second-order valence-electron chi connectivity index (χ2n) is 5.57. The normalized spacial score (nSPS) is 22.8. The first-order valence-corrected chi connectivity index (χ1v) is 6.65. The lowest BCUT2D eigenvalue weighted by atomic mass is 9.73. The molecule has 0 spiro atoms. The molecule has 1 aliphatic carbocycles. The Morgan fingerprint density at radius 1 is 1.41 bits per heavy atom. The summed E-state index contributed by atoms with van der Waals surface area (Å²) in [7, 11) is 0. The fourth-order valence-corrected chi connectivity index (χ4v) is 2.40. The van der Waals surface area contributed by atoms with Crippen molar-refractivity contribution in [2.45, 2.75) is 57.9 Å². The number of amides is 1. The molecule has 100 valence electrons. The fraction of sp³-hybridized carbons (Fsp3) is 0.923. The van der Waals surface area contributed by atoms with Crippen molar-refractivity contribution in [1.82, 2.24) is 5.32 Å². The number of carbonyl (C=O) groups excluding carboxylic acids is 1. The van der Waals surface area contributed by atoms with E-state index in [2.05, 4.69) is 5.32 Å². The van der Waals surface area contributed by atoms with Crippen molar-refractivity contribution in [3.63, 3.8) is 0 Å². The van der Waals surface area contributed by atoms with Crippen molar-refractivity contribution in [1.29, 1.82) is 0 Å². The average Bonchev–Trinajstić information content (AvgIpc) is 2.39. The Morgan fingerprint density at radius 3 is 2.41 bits per heavy atom. The second-order valence-corrected chi connectivity index (χ2v) is 5.57. The number of hydrogen-bond donors (Lipinski definition) is 3. The summed E-state index contributed by atoms with van der Waals surface area (Å²) in [5.41, 5.74) is 4.90. The molecule has 0 bridgehead atoms. The van der Waals surface area contributed by atoms with E-state index in [0.29, 0.717) is 6.54 Å². The van der Waals surface area contributed by atoms with Crippen molar-refractivity contribution in [2.24, 2.45) is 11.1 Å². The zero-order valence-electron chi connectivity index (χ0n) is 11.1. The summed E-state index contributed by atoms with van der Waals surface area (Å²) >= 11 is 0. The minimum atomic E-state index is -0.517. The maximum Gasteiger partial charge on any atom is 0.227 e. The van der Waals surface area contributed by atoms with Gasteiger partial charge >= 0.3 is 0 Å². The summed E-state index contributed by atoms with van der Waals surface area (Å²) in [5.74, 6) is 0.0260. The summed E-state index contributed by atoms with van der Waals surface area (Å²) in [5, 5.41) is 12.3. The third-order valence-electron chi connectivity index (χ3n) is 4.23. The summed E-state index contributed by atoms with van der Waals surface area (Å²) in [6.07, 6.45) is 5.82. The van der Waals surface area contributed by atoms with Crippen LogP contribution in [0.25, 0.3) is 0 Å². The van der Waals surface area contributed by atoms with Gasteiger partial charge in [-0.05, 0) is 26.2 Å². The third kappa shape index (κ3) is 3.19. The van der Waals surface area contributed by atoms with E-state index in [1.807, 2.05) is 13.8 Å². The van der Waals surface area contributed by atoms with Crippen LogP contribution in [0.15, 0.2) is 0 Å². The average molecular weight is 242 g/mol. The number of nitrogens with two attached hydrogens (primary N) is 1. The zero-order chi connectivity index (χ0) is 12.9. The van der Waals surface area contributed by atoms with Crippen LogP contribution in [0.1, 0.15) is 52.4 Å². The molecule has 17 heavy (non-hydrogen) atoms. The topological polar surface area (TPSA) is 75.3 Å². The fourth-order valence-electron chi connectivity index (χ4n) is 2.40. The van der Waals surface area contributed by atoms with Crippen LogP contribution in [-0.4, -0.2) is 29.7 Å². The predicted octanol–water partition coefficient (Wildman–Crippen LogP) is 1.17. The maximum absolute atomic E-state index is 12.4. The molecule has 0 radical (unpaired) electrons. The van der Waals surface area contributed by atoms with Crippen LogP contribution in [-0.2, 0) is 4.79 Å². The lowest BCUT2D eigenvalue weighted by Crippen LogP contribution is -2.56. The first kappa shape index (κ1) is 14.5.